The Balaban J connectivity index is 2.56. The van der Waals surface area contributed by atoms with E-state index in [0.29, 0.717) is 11.0 Å². The summed E-state index contributed by atoms with van der Waals surface area (Å²) in [6.45, 7) is 0.553. The van der Waals surface area contributed by atoms with E-state index in [-0.39, 0.29) is 18.0 Å². The van der Waals surface area contributed by atoms with Gasteiger partial charge < -0.3 is 5.73 Å². The van der Waals surface area contributed by atoms with Crippen LogP contribution in [0.25, 0.3) is 11.0 Å². The van der Waals surface area contributed by atoms with Gasteiger partial charge in [0.25, 0.3) is 0 Å². The number of hydrogen-bond donors (Lipinski definition) is 1. The number of likely N-dealkylation sites (N-methyl/N-ethyl adjacent to an activating group) is 1. The lowest BCUT2D eigenvalue weighted by Crippen LogP contribution is -2.31. The first-order chi connectivity index (χ1) is 8.07. The van der Waals surface area contributed by atoms with Crippen LogP contribution in [-0.4, -0.2) is 41.6 Å². The molecule has 0 radical (unpaired) electrons. The van der Waals surface area contributed by atoms with Crippen molar-refractivity contribution < 1.29 is 8.42 Å². The number of nitrogens with two attached hydrogens (primary N) is 1. The van der Waals surface area contributed by atoms with Crippen molar-refractivity contribution in [3.8, 4) is 0 Å². The van der Waals surface area contributed by atoms with Crippen molar-refractivity contribution in [3.63, 3.8) is 0 Å². The molecule has 6 nitrogen and oxygen atoms in total. The van der Waals surface area contributed by atoms with Gasteiger partial charge >= 0.3 is 0 Å². The molecular formula is C9H12N4O2S2. The van der Waals surface area contributed by atoms with Gasteiger partial charge in [-0.05, 0) is 12.1 Å². The van der Waals surface area contributed by atoms with E-state index in [1.54, 1.807) is 12.1 Å². The summed E-state index contributed by atoms with van der Waals surface area (Å²) in [5.74, 6) is 0. The summed E-state index contributed by atoms with van der Waals surface area (Å²) in [6, 6.07) is 4.93. The lowest BCUT2D eigenvalue weighted by atomic mass is 10.3. The van der Waals surface area contributed by atoms with E-state index in [1.807, 2.05) is 0 Å². The van der Waals surface area contributed by atoms with Gasteiger partial charge in [0.2, 0.25) is 10.0 Å². The summed E-state index contributed by atoms with van der Waals surface area (Å²) >= 11 is 1.00. The zero-order chi connectivity index (χ0) is 12.5. The molecule has 1 aromatic heterocycles. The molecule has 0 fully saturated rings. The van der Waals surface area contributed by atoms with Gasteiger partial charge in [-0.25, -0.2) is 8.42 Å². The zero-order valence-corrected chi connectivity index (χ0v) is 10.8. The van der Waals surface area contributed by atoms with Gasteiger partial charge in [0.15, 0.2) is 0 Å². The normalized spacial score (nSPS) is 12.4. The van der Waals surface area contributed by atoms with Gasteiger partial charge in [-0.15, -0.1) is 0 Å². The average Bonchev–Trinajstić information content (AvgIpc) is 2.76. The molecule has 0 spiro atoms. The van der Waals surface area contributed by atoms with Crippen molar-refractivity contribution in [2.75, 3.05) is 20.1 Å². The van der Waals surface area contributed by atoms with Crippen molar-refractivity contribution >= 4 is 32.8 Å². The van der Waals surface area contributed by atoms with Crippen molar-refractivity contribution in [1.29, 1.82) is 0 Å². The lowest BCUT2D eigenvalue weighted by Gasteiger charge is -2.15. The van der Waals surface area contributed by atoms with Crippen molar-refractivity contribution in [2.45, 2.75) is 4.90 Å². The number of rotatable bonds is 4. The molecule has 0 aliphatic carbocycles. The largest absolute Gasteiger partial charge is 0.329 e. The Bertz CT molecular complexity index is 623. The molecule has 92 valence electrons. The van der Waals surface area contributed by atoms with Crippen molar-refractivity contribution in [3.05, 3.63) is 18.2 Å². The molecule has 8 heteroatoms. The molecule has 0 aliphatic rings. The number of fused-ring (bicyclic) bond motifs is 1. The summed E-state index contributed by atoms with van der Waals surface area (Å²) < 4.78 is 33.7. The first kappa shape index (κ1) is 12.4. The highest BCUT2D eigenvalue weighted by Gasteiger charge is 2.23. The van der Waals surface area contributed by atoms with Crippen LogP contribution in [0.15, 0.2) is 23.1 Å². The van der Waals surface area contributed by atoms with Gasteiger partial charge in [-0.2, -0.15) is 13.1 Å². The second-order valence-corrected chi connectivity index (χ2v) is 6.05. The smallest absolute Gasteiger partial charge is 0.245 e. The molecule has 1 aromatic carbocycles. The summed E-state index contributed by atoms with van der Waals surface area (Å²) in [6.07, 6.45) is 0. The maximum absolute atomic E-state index is 12.2. The molecule has 0 bridgehead atoms. The number of nitrogens with zero attached hydrogens (tertiary/aromatic N) is 3. The van der Waals surface area contributed by atoms with Crippen LogP contribution in [0.5, 0.6) is 0 Å². The van der Waals surface area contributed by atoms with Crippen molar-refractivity contribution in [1.82, 2.24) is 13.1 Å². The van der Waals surface area contributed by atoms with Crippen LogP contribution in [0.4, 0.5) is 0 Å². The summed E-state index contributed by atoms with van der Waals surface area (Å²) in [5, 5.41) is 0. The van der Waals surface area contributed by atoms with Crippen LogP contribution >= 0.6 is 11.7 Å². The third-order valence-corrected chi connectivity index (χ3v) is 4.81. The molecule has 17 heavy (non-hydrogen) atoms. The van der Waals surface area contributed by atoms with Crippen LogP contribution in [0.3, 0.4) is 0 Å². The topological polar surface area (TPSA) is 89.2 Å². The molecule has 0 saturated heterocycles. The van der Waals surface area contributed by atoms with E-state index < -0.39 is 10.0 Å². The third kappa shape index (κ3) is 2.16. The van der Waals surface area contributed by atoms with Crippen LogP contribution in [0.1, 0.15) is 0 Å². The summed E-state index contributed by atoms with van der Waals surface area (Å²) in [7, 11) is -2.04. The third-order valence-electron chi connectivity index (χ3n) is 2.38. The van der Waals surface area contributed by atoms with E-state index in [0.717, 1.165) is 11.7 Å². The Labute approximate surface area is 103 Å². The fourth-order valence-electron chi connectivity index (χ4n) is 1.46. The average molecular weight is 272 g/mol. The van der Waals surface area contributed by atoms with Gasteiger partial charge in [-0.1, -0.05) is 6.07 Å². The number of aromatic nitrogens is 2. The van der Waals surface area contributed by atoms with Gasteiger partial charge in [0.05, 0.1) is 11.7 Å². The molecule has 0 unspecified atom stereocenters. The van der Waals surface area contributed by atoms with Gasteiger partial charge in [0, 0.05) is 20.1 Å². The predicted molar refractivity (Wildman–Crippen MR) is 66.3 cm³/mol. The highest BCUT2D eigenvalue weighted by Crippen LogP contribution is 2.23. The van der Waals surface area contributed by atoms with Gasteiger partial charge in [-0.3, -0.25) is 0 Å². The molecule has 2 aromatic rings. The van der Waals surface area contributed by atoms with Crippen LogP contribution < -0.4 is 5.73 Å². The standard InChI is InChI=1S/C9H12N4O2S2/c1-13(6-5-10)17(14,15)8-4-2-3-7-9(8)12-16-11-7/h2-4H,5-6,10H2,1H3. The van der Waals surface area contributed by atoms with E-state index in [2.05, 4.69) is 8.75 Å². The van der Waals surface area contributed by atoms with Crippen LogP contribution in [-0.2, 0) is 10.0 Å². The SMILES string of the molecule is CN(CCN)S(=O)(=O)c1cccc2nsnc12. The molecule has 1 heterocycles. The Morgan fingerprint density at radius 1 is 1.41 bits per heavy atom. The molecule has 0 saturated carbocycles. The Kier molecular flexibility index (Phi) is 3.38. The molecule has 0 amide bonds. The molecule has 2 rings (SSSR count). The highest BCUT2D eigenvalue weighted by molar-refractivity contribution is 7.89. The van der Waals surface area contributed by atoms with Crippen LogP contribution in [0, 0.1) is 0 Å². The highest BCUT2D eigenvalue weighted by atomic mass is 32.2. The van der Waals surface area contributed by atoms with E-state index in [9.17, 15) is 8.42 Å². The molecular weight excluding hydrogens is 260 g/mol. The first-order valence-electron chi connectivity index (χ1n) is 4.95. The molecule has 0 atom stereocenters. The second-order valence-electron chi connectivity index (χ2n) is 3.50. The first-order valence-corrected chi connectivity index (χ1v) is 7.12. The Hall–Kier alpha value is -1.09. The van der Waals surface area contributed by atoms with E-state index >= 15 is 0 Å². The zero-order valence-electron chi connectivity index (χ0n) is 9.20. The number of hydrogen-bond acceptors (Lipinski definition) is 6. The van der Waals surface area contributed by atoms with Crippen LogP contribution in [0.2, 0.25) is 0 Å². The monoisotopic (exact) mass is 272 g/mol. The Morgan fingerprint density at radius 2 is 2.18 bits per heavy atom. The van der Waals surface area contributed by atoms with E-state index in [1.165, 1.54) is 17.4 Å². The second kappa shape index (κ2) is 4.65. The minimum Gasteiger partial charge on any atom is -0.329 e. The minimum absolute atomic E-state index is 0.180. The molecule has 0 aliphatic heterocycles. The summed E-state index contributed by atoms with van der Waals surface area (Å²) in [4.78, 5) is 0.180. The predicted octanol–water partition coefficient (Wildman–Crippen LogP) is 0.270. The van der Waals surface area contributed by atoms with E-state index in [4.69, 9.17) is 5.73 Å². The number of sulfonamides is 1. The minimum atomic E-state index is -3.54. The Morgan fingerprint density at radius 3 is 2.88 bits per heavy atom. The maximum Gasteiger partial charge on any atom is 0.245 e. The lowest BCUT2D eigenvalue weighted by molar-refractivity contribution is 0.477. The maximum atomic E-state index is 12.2. The number of benzene rings is 1. The fourth-order valence-corrected chi connectivity index (χ4v) is 3.39. The summed E-state index contributed by atoms with van der Waals surface area (Å²) in [5.41, 5.74) is 6.38. The van der Waals surface area contributed by atoms with Gasteiger partial charge in [0.1, 0.15) is 15.9 Å². The fraction of sp³-hybridized carbons (Fsp3) is 0.333. The quantitative estimate of drug-likeness (QED) is 0.863. The molecule has 2 N–H and O–H groups in total. The van der Waals surface area contributed by atoms with Crippen molar-refractivity contribution in [2.24, 2.45) is 5.73 Å².